The van der Waals surface area contributed by atoms with Crippen molar-refractivity contribution in [2.24, 2.45) is 0 Å². The van der Waals surface area contributed by atoms with Gasteiger partial charge in [0.15, 0.2) is 0 Å². The van der Waals surface area contributed by atoms with Gasteiger partial charge in [-0.3, -0.25) is 9.10 Å². The van der Waals surface area contributed by atoms with Crippen LogP contribution in [0.2, 0.25) is 0 Å². The molecule has 0 aromatic heterocycles. The molecule has 134 valence electrons. The summed E-state index contributed by atoms with van der Waals surface area (Å²) in [7, 11) is -1.84. The van der Waals surface area contributed by atoms with Gasteiger partial charge >= 0.3 is 0 Å². The van der Waals surface area contributed by atoms with Crippen molar-refractivity contribution >= 4 is 32.4 Å². The maximum absolute atomic E-state index is 12.3. The van der Waals surface area contributed by atoms with Crippen LogP contribution >= 0.6 is 0 Å². The van der Waals surface area contributed by atoms with Crippen molar-refractivity contribution in [1.82, 2.24) is 5.32 Å². The molecule has 0 unspecified atom stereocenters. The Morgan fingerprint density at radius 2 is 1.62 bits per heavy atom. The van der Waals surface area contributed by atoms with E-state index < -0.39 is 10.0 Å². The fraction of sp³-hybridized carbons (Fsp3) is 0.150. The van der Waals surface area contributed by atoms with Gasteiger partial charge in [-0.05, 0) is 46.7 Å². The third-order valence-electron chi connectivity index (χ3n) is 4.26. The number of carbonyl (C=O) groups excluding carboxylic acids is 1. The van der Waals surface area contributed by atoms with Crippen LogP contribution < -0.4 is 9.62 Å². The summed E-state index contributed by atoms with van der Waals surface area (Å²) in [5.74, 6) is -0.202. The molecule has 1 amide bonds. The Morgan fingerprint density at radius 3 is 2.27 bits per heavy atom. The first-order valence-corrected chi connectivity index (χ1v) is 9.99. The predicted octanol–water partition coefficient (Wildman–Crippen LogP) is 3.17. The Balaban J connectivity index is 1.67. The zero-order valence-corrected chi connectivity index (χ0v) is 15.5. The van der Waals surface area contributed by atoms with Gasteiger partial charge in [0.2, 0.25) is 10.0 Å². The lowest BCUT2D eigenvalue weighted by Crippen LogP contribution is -2.25. The van der Waals surface area contributed by atoms with Crippen LogP contribution in [-0.2, 0) is 16.6 Å². The molecule has 0 radical (unpaired) electrons. The van der Waals surface area contributed by atoms with Gasteiger partial charge in [-0.1, -0.05) is 36.4 Å². The summed E-state index contributed by atoms with van der Waals surface area (Å²) in [6.45, 7) is 0.425. The number of nitrogens with one attached hydrogen (secondary N) is 1. The maximum atomic E-state index is 12.3. The monoisotopic (exact) mass is 368 g/mol. The molecule has 0 spiro atoms. The van der Waals surface area contributed by atoms with E-state index in [1.807, 2.05) is 36.4 Å². The summed E-state index contributed by atoms with van der Waals surface area (Å²) < 4.78 is 24.3. The lowest BCUT2D eigenvalue weighted by Gasteiger charge is -2.16. The molecular formula is C20H20N2O3S. The largest absolute Gasteiger partial charge is 0.348 e. The second-order valence-electron chi connectivity index (χ2n) is 6.14. The van der Waals surface area contributed by atoms with E-state index >= 15 is 0 Å². The molecule has 0 aliphatic rings. The number of fused-ring (bicyclic) bond motifs is 1. The maximum Gasteiger partial charge on any atom is 0.251 e. The highest BCUT2D eigenvalue weighted by molar-refractivity contribution is 7.92. The van der Waals surface area contributed by atoms with E-state index in [0.29, 0.717) is 17.8 Å². The molecule has 0 saturated heterocycles. The number of nitrogens with zero attached hydrogens (tertiary/aromatic N) is 1. The Bertz CT molecular complexity index is 1040. The summed E-state index contributed by atoms with van der Waals surface area (Å²) >= 11 is 0. The molecule has 0 heterocycles. The highest BCUT2D eigenvalue weighted by atomic mass is 32.2. The third kappa shape index (κ3) is 4.03. The van der Waals surface area contributed by atoms with Crippen LogP contribution in [0.15, 0.2) is 66.7 Å². The number of benzene rings is 3. The SMILES string of the molecule is CN(c1ccc(C(=O)NCc2ccc3ccccc3c2)cc1)S(C)(=O)=O. The number of rotatable bonds is 5. The van der Waals surface area contributed by atoms with Gasteiger partial charge in [0, 0.05) is 19.2 Å². The van der Waals surface area contributed by atoms with Crippen LogP contribution in [-0.4, -0.2) is 27.6 Å². The second kappa shape index (κ2) is 7.17. The van der Waals surface area contributed by atoms with Crippen LogP contribution in [0.5, 0.6) is 0 Å². The average Bonchev–Trinajstić information content (AvgIpc) is 2.64. The smallest absolute Gasteiger partial charge is 0.251 e. The van der Waals surface area contributed by atoms with Crippen LogP contribution in [0, 0.1) is 0 Å². The first kappa shape index (κ1) is 17.9. The summed E-state index contributed by atoms with van der Waals surface area (Å²) in [4.78, 5) is 12.3. The van der Waals surface area contributed by atoms with Crippen molar-refractivity contribution < 1.29 is 13.2 Å². The zero-order valence-electron chi connectivity index (χ0n) is 14.6. The van der Waals surface area contributed by atoms with Gasteiger partial charge in [0.25, 0.3) is 5.91 Å². The molecule has 1 N–H and O–H groups in total. The molecule has 0 aliphatic carbocycles. The molecule has 3 aromatic carbocycles. The molecule has 0 saturated carbocycles. The summed E-state index contributed by atoms with van der Waals surface area (Å²) in [6, 6.07) is 20.6. The topological polar surface area (TPSA) is 66.5 Å². The molecule has 0 bridgehead atoms. The standard InChI is InChI=1S/C20H20N2O3S/c1-22(26(2,24)25)19-11-9-17(10-12-19)20(23)21-14-15-7-8-16-5-3-4-6-18(16)13-15/h3-13H,14H2,1-2H3,(H,21,23). The van der Waals surface area contributed by atoms with E-state index in [1.165, 1.54) is 11.4 Å². The molecule has 26 heavy (non-hydrogen) atoms. The summed E-state index contributed by atoms with van der Waals surface area (Å²) in [6.07, 6.45) is 1.14. The second-order valence-corrected chi connectivity index (χ2v) is 8.16. The van der Waals surface area contributed by atoms with Gasteiger partial charge in [0.05, 0.1) is 11.9 Å². The van der Waals surface area contributed by atoms with Crippen molar-refractivity contribution in [3.05, 3.63) is 77.9 Å². The van der Waals surface area contributed by atoms with Gasteiger partial charge in [-0.15, -0.1) is 0 Å². The van der Waals surface area contributed by atoms with Gasteiger partial charge < -0.3 is 5.32 Å². The van der Waals surface area contributed by atoms with Gasteiger partial charge in [-0.25, -0.2) is 8.42 Å². The molecule has 0 fully saturated rings. The van der Waals surface area contributed by atoms with E-state index in [4.69, 9.17) is 0 Å². The quantitative estimate of drug-likeness (QED) is 0.752. The van der Waals surface area contributed by atoms with Gasteiger partial charge in [-0.2, -0.15) is 0 Å². The van der Waals surface area contributed by atoms with Crippen molar-refractivity contribution in [2.45, 2.75) is 6.54 Å². The number of anilines is 1. The number of carbonyl (C=O) groups is 1. The molecule has 0 atom stereocenters. The highest BCUT2D eigenvalue weighted by Gasteiger charge is 2.12. The Kier molecular flexibility index (Phi) is 4.95. The number of sulfonamides is 1. The third-order valence-corrected chi connectivity index (χ3v) is 5.46. The molecular weight excluding hydrogens is 348 g/mol. The number of amides is 1. The lowest BCUT2D eigenvalue weighted by atomic mass is 10.1. The van der Waals surface area contributed by atoms with E-state index in [2.05, 4.69) is 11.4 Å². The van der Waals surface area contributed by atoms with Crippen LogP contribution in [0.3, 0.4) is 0 Å². The van der Waals surface area contributed by atoms with Crippen molar-refractivity contribution in [3.8, 4) is 0 Å². The normalized spacial score (nSPS) is 11.3. The molecule has 6 heteroatoms. The van der Waals surface area contributed by atoms with Crippen LogP contribution in [0.1, 0.15) is 15.9 Å². The van der Waals surface area contributed by atoms with E-state index in [1.54, 1.807) is 24.3 Å². The van der Waals surface area contributed by atoms with Crippen molar-refractivity contribution in [1.29, 1.82) is 0 Å². The minimum Gasteiger partial charge on any atom is -0.348 e. The van der Waals surface area contributed by atoms with Crippen LogP contribution in [0.25, 0.3) is 10.8 Å². The Labute approximate surface area is 153 Å². The Hall–Kier alpha value is -2.86. The van der Waals surface area contributed by atoms with E-state index in [9.17, 15) is 13.2 Å². The average molecular weight is 368 g/mol. The van der Waals surface area contributed by atoms with Crippen molar-refractivity contribution in [2.75, 3.05) is 17.6 Å². The minimum absolute atomic E-state index is 0.202. The zero-order chi connectivity index (χ0) is 18.7. The number of hydrogen-bond acceptors (Lipinski definition) is 3. The van der Waals surface area contributed by atoms with E-state index in [-0.39, 0.29) is 5.91 Å². The first-order chi connectivity index (χ1) is 12.3. The molecule has 3 aromatic rings. The van der Waals surface area contributed by atoms with E-state index in [0.717, 1.165) is 22.6 Å². The predicted molar refractivity (Wildman–Crippen MR) is 105 cm³/mol. The van der Waals surface area contributed by atoms with Crippen LogP contribution in [0.4, 0.5) is 5.69 Å². The number of hydrogen-bond donors (Lipinski definition) is 1. The van der Waals surface area contributed by atoms with Gasteiger partial charge in [0.1, 0.15) is 0 Å². The fourth-order valence-corrected chi connectivity index (χ4v) is 3.15. The highest BCUT2D eigenvalue weighted by Crippen LogP contribution is 2.17. The lowest BCUT2D eigenvalue weighted by molar-refractivity contribution is 0.0951. The van der Waals surface area contributed by atoms with Crippen molar-refractivity contribution in [3.63, 3.8) is 0 Å². The fourth-order valence-electron chi connectivity index (χ4n) is 2.65. The Morgan fingerprint density at radius 1 is 0.962 bits per heavy atom. The first-order valence-electron chi connectivity index (χ1n) is 8.14. The summed E-state index contributed by atoms with van der Waals surface area (Å²) in [5, 5.41) is 5.18. The minimum atomic E-state index is -3.32. The molecule has 3 rings (SSSR count). The molecule has 5 nitrogen and oxygen atoms in total. The summed E-state index contributed by atoms with van der Waals surface area (Å²) in [5.41, 5.74) is 2.01. The molecule has 0 aliphatic heterocycles.